The van der Waals surface area contributed by atoms with Gasteiger partial charge >= 0.3 is 6.16 Å². The van der Waals surface area contributed by atoms with Crippen LogP contribution < -0.4 is 20.4 Å². The molecule has 1 fully saturated rings. The third-order valence-electron chi connectivity index (χ3n) is 6.75. The molecule has 2 N–H and O–H groups in total. The zero-order valence-corrected chi connectivity index (χ0v) is 17.3. The minimum Gasteiger partial charge on any atom is -0.449 e. The van der Waals surface area contributed by atoms with Crippen LogP contribution in [0.4, 0.5) is 14.9 Å². The lowest BCUT2D eigenvalue weighted by atomic mass is 9.82. The number of nitrogens with one attached hydrogen (secondary N) is 1. The summed E-state index contributed by atoms with van der Waals surface area (Å²) < 4.78 is 27.6. The van der Waals surface area contributed by atoms with Crippen molar-refractivity contribution in [3.05, 3.63) is 46.0 Å². The number of benzene rings is 1. The third kappa shape index (κ3) is 3.11. The molecule has 8 nitrogen and oxygen atoms in total. The van der Waals surface area contributed by atoms with Gasteiger partial charge in [-0.05, 0) is 32.4 Å². The van der Waals surface area contributed by atoms with Gasteiger partial charge in [0, 0.05) is 30.6 Å². The summed E-state index contributed by atoms with van der Waals surface area (Å²) in [7, 11) is 1.94. The number of carbonyl (C=O) groups is 1. The Kier molecular flexibility index (Phi) is 4.75. The molecular formula is C22H24FN3O5. The molecule has 3 heterocycles. The van der Waals surface area contributed by atoms with Gasteiger partial charge in [0.25, 0.3) is 0 Å². The zero-order valence-electron chi connectivity index (χ0n) is 17.3. The van der Waals surface area contributed by atoms with Crippen molar-refractivity contribution >= 4 is 22.7 Å². The topological polar surface area (TPSA) is 93.0 Å². The van der Waals surface area contributed by atoms with Crippen molar-refractivity contribution in [3.63, 3.8) is 0 Å². The zero-order chi connectivity index (χ0) is 21.9. The summed E-state index contributed by atoms with van der Waals surface area (Å²) >= 11 is 0. The highest BCUT2D eigenvalue weighted by molar-refractivity contribution is 5.89. The number of likely N-dealkylation sites (N-methyl/N-ethyl adjacent to an activating group) is 1. The Labute approximate surface area is 177 Å². The smallest absolute Gasteiger partial charge is 0.449 e. The van der Waals surface area contributed by atoms with Crippen LogP contribution in [0.1, 0.15) is 25.1 Å². The van der Waals surface area contributed by atoms with E-state index in [1.54, 1.807) is 11.5 Å². The highest BCUT2D eigenvalue weighted by Crippen LogP contribution is 2.42. The van der Waals surface area contributed by atoms with Crippen molar-refractivity contribution in [1.82, 2.24) is 9.88 Å². The van der Waals surface area contributed by atoms with Gasteiger partial charge in [-0.3, -0.25) is 4.79 Å². The molecule has 1 aliphatic carbocycles. The molecule has 164 valence electrons. The fourth-order valence-corrected chi connectivity index (χ4v) is 5.34. The Morgan fingerprint density at radius 1 is 1.39 bits per heavy atom. The van der Waals surface area contributed by atoms with Crippen molar-refractivity contribution in [2.75, 3.05) is 25.0 Å². The van der Waals surface area contributed by atoms with E-state index < -0.39 is 23.6 Å². The fraction of sp³-hybridized carbons (Fsp3) is 0.455. The predicted molar refractivity (Wildman–Crippen MR) is 112 cm³/mol. The van der Waals surface area contributed by atoms with E-state index in [1.807, 2.05) is 7.05 Å². The number of fused-ring (bicyclic) bond motifs is 1. The van der Waals surface area contributed by atoms with Gasteiger partial charge in [0.2, 0.25) is 5.43 Å². The van der Waals surface area contributed by atoms with Crippen molar-refractivity contribution in [3.8, 4) is 5.75 Å². The lowest BCUT2D eigenvalue weighted by Gasteiger charge is -2.31. The van der Waals surface area contributed by atoms with E-state index in [-0.39, 0.29) is 23.8 Å². The maximum Gasteiger partial charge on any atom is 0.511 e. The van der Waals surface area contributed by atoms with E-state index in [4.69, 9.17) is 9.84 Å². The maximum absolute atomic E-state index is 15.5. The SMILES string of the molecule is CNC1C=CCC2CN(c3c(F)cc4c(=O)c(OC(=O)O)cn5c4c3COC5C)CC21. The van der Waals surface area contributed by atoms with Crippen LogP contribution in [0.3, 0.4) is 0 Å². The first-order valence-electron chi connectivity index (χ1n) is 10.4. The quantitative estimate of drug-likeness (QED) is 0.573. The molecule has 9 heteroatoms. The summed E-state index contributed by atoms with van der Waals surface area (Å²) in [6, 6.07) is 1.45. The number of anilines is 1. The normalized spacial score (nSPS) is 26.9. The van der Waals surface area contributed by atoms with Crippen molar-refractivity contribution in [2.24, 2.45) is 11.8 Å². The first-order valence-corrected chi connectivity index (χ1v) is 10.4. The number of allylic oxidation sites excluding steroid dienone is 1. The molecular weight excluding hydrogens is 405 g/mol. The summed E-state index contributed by atoms with van der Waals surface area (Å²) in [5, 5.41) is 12.4. The van der Waals surface area contributed by atoms with Crippen LogP contribution in [-0.4, -0.2) is 42.0 Å². The average Bonchev–Trinajstić information content (AvgIpc) is 3.16. The first kappa shape index (κ1) is 20.0. The summed E-state index contributed by atoms with van der Waals surface area (Å²) in [4.78, 5) is 25.9. The van der Waals surface area contributed by atoms with Crippen molar-refractivity contribution < 1.29 is 23.8 Å². The van der Waals surface area contributed by atoms with E-state index in [1.165, 1.54) is 12.3 Å². The number of nitrogens with zero attached hydrogens (tertiary/aromatic N) is 2. The molecule has 4 atom stereocenters. The summed E-state index contributed by atoms with van der Waals surface area (Å²) in [6.45, 7) is 3.38. The minimum atomic E-state index is -1.60. The van der Waals surface area contributed by atoms with Crippen LogP contribution >= 0.6 is 0 Å². The molecule has 2 aromatic rings. The van der Waals surface area contributed by atoms with Crippen LogP contribution in [-0.2, 0) is 11.3 Å². The molecule has 4 unspecified atom stereocenters. The number of aromatic nitrogens is 1. The van der Waals surface area contributed by atoms with Crippen molar-refractivity contribution in [2.45, 2.75) is 32.2 Å². The van der Waals surface area contributed by atoms with Gasteiger partial charge in [0.15, 0.2) is 5.75 Å². The number of carboxylic acid groups (broad SMARTS) is 1. The standard InChI is InChI=1S/C22H24FN3O5/c1-11-26-9-18(31-22(28)29)21(27)13-6-16(23)20(15(10-30-11)19(13)26)25-7-12-4-3-5-17(24-2)14(12)8-25/h3,5-6,9,11-12,14,17,24H,4,7-8,10H2,1-2H3,(H,28,29). The second-order valence-corrected chi connectivity index (χ2v) is 8.40. The summed E-state index contributed by atoms with van der Waals surface area (Å²) in [6.07, 6.45) is 4.59. The number of hydrogen-bond acceptors (Lipinski definition) is 6. The average molecular weight is 429 g/mol. The Bertz CT molecular complexity index is 1160. The van der Waals surface area contributed by atoms with Gasteiger partial charge in [-0.1, -0.05) is 12.2 Å². The van der Waals surface area contributed by atoms with Crippen LogP contribution in [0.25, 0.3) is 10.9 Å². The van der Waals surface area contributed by atoms with Crippen LogP contribution in [0.5, 0.6) is 5.75 Å². The molecule has 2 aliphatic heterocycles. The third-order valence-corrected chi connectivity index (χ3v) is 6.75. The van der Waals surface area contributed by atoms with Crippen LogP contribution in [0, 0.1) is 17.7 Å². The molecule has 0 bridgehead atoms. The molecule has 1 aromatic carbocycles. The van der Waals surface area contributed by atoms with Gasteiger partial charge in [0.1, 0.15) is 12.0 Å². The van der Waals surface area contributed by atoms with E-state index in [0.29, 0.717) is 35.1 Å². The lowest BCUT2D eigenvalue weighted by molar-refractivity contribution is -0.00204. The number of halogens is 1. The van der Waals surface area contributed by atoms with Gasteiger partial charge in [-0.15, -0.1) is 0 Å². The summed E-state index contributed by atoms with van der Waals surface area (Å²) in [5.74, 6) is -0.0917. The number of pyridine rings is 1. The Balaban J connectivity index is 1.66. The van der Waals surface area contributed by atoms with E-state index in [2.05, 4.69) is 27.1 Å². The number of hydrogen-bond donors (Lipinski definition) is 2. The maximum atomic E-state index is 15.5. The molecule has 0 amide bonds. The first-order chi connectivity index (χ1) is 14.9. The molecule has 1 saturated heterocycles. The van der Waals surface area contributed by atoms with Gasteiger partial charge in [-0.25, -0.2) is 9.18 Å². The molecule has 1 aromatic heterocycles. The molecule has 31 heavy (non-hydrogen) atoms. The monoisotopic (exact) mass is 429 g/mol. The fourth-order valence-electron chi connectivity index (χ4n) is 5.34. The van der Waals surface area contributed by atoms with Gasteiger partial charge < -0.3 is 29.4 Å². The Hall–Kier alpha value is -2.91. The van der Waals surface area contributed by atoms with Gasteiger partial charge in [-0.2, -0.15) is 0 Å². The second-order valence-electron chi connectivity index (χ2n) is 8.40. The van der Waals surface area contributed by atoms with Crippen molar-refractivity contribution in [1.29, 1.82) is 0 Å². The molecule has 5 rings (SSSR count). The van der Waals surface area contributed by atoms with Crippen LogP contribution in [0.2, 0.25) is 0 Å². The van der Waals surface area contributed by atoms with E-state index in [0.717, 1.165) is 13.0 Å². The lowest BCUT2D eigenvalue weighted by Crippen LogP contribution is -2.38. The number of rotatable bonds is 3. The second kappa shape index (κ2) is 7.35. The number of ether oxygens (including phenoxy) is 2. The highest BCUT2D eigenvalue weighted by Gasteiger charge is 2.40. The largest absolute Gasteiger partial charge is 0.511 e. The van der Waals surface area contributed by atoms with E-state index in [9.17, 15) is 9.59 Å². The van der Waals surface area contributed by atoms with E-state index >= 15 is 4.39 Å². The minimum absolute atomic E-state index is 0.0940. The molecule has 0 radical (unpaired) electrons. The summed E-state index contributed by atoms with van der Waals surface area (Å²) in [5.41, 5.74) is 0.989. The molecule has 0 spiro atoms. The van der Waals surface area contributed by atoms with Crippen LogP contribution in [0.15, 0.2) is 29.2 Å². The Morgan fingerprint density at radius 2 is 2.19 bits per heavy atom. The predicted octanol–water partition coefficient (Wildman–Crippen LogP) is 2.85. The van der Waals surface area contributed by atoms with Gasteiger partial charge in [0.05, 0.1) is 29.4 Å². The molecule has 0 saturated carbocycles. The Morgan fingerprint density at radius 3 is 2.94 bits per heavy atom. The molecule has 3 aliphatic rings. The highest BCUT2D eigenvalue weighted by atomic mass is 19.1.